The van der Waals surface area contributed by atoms with Crippen LogP contribution in [-0.4, -0.2) is 10.7 Å². The quantitative estimate of drug-likeness (QED) is 0.760. The highest BCUT2D eigenvalue weighted by atomic mass is 35.5. The number of ether oxygens (including phenoxy) is 1. The molecule has 92 valence electrons. The number of aliphatic hydroxyl groups is 1. The highest BCUT2D eigenvalue weighted by Crippen LogP contribution is 2.46. The third-order valence-corrected chi connectivity index (χ3v) is 4.22. The van der Waals surface area contributed by atoms with Crippen LogP contribution in [0.3, 0.4) is 0 Å². The first-order chi connectivity index (χ1) is 8.19. The van der Waals surface area contributed by atoms with Crippen LogP contribution in [-0.2, 0) is 0 Å². The fourth-order valence-corrected chi connectivity index (χ4v) is 3.29. The molecule has 0 aromatic heterocycles. The van der Waals surface area contributed by atoms with Gasteiger partial charge in [0.05, 0.1) is 6.10 Å². The van der Waals surface area contributed by atoms with Gasteiger partial charge in [0.2, 0.25) is 0 Å². The Balaban J connectivity index is 1.94. The summed E-state index contributed by atoms with van der Waals surface area (Å²) in [5, 5.41) is 10.9. The Hall–Kier alpha value is -0.730. The SMILES string of the molecule is O[C@H]1CC2(CCCCC2)Oc2ccc(Cl)cc21. The van der Waals surface area contributed by atoms with E-state index in [2.05, 4.69) is 0 Å². The zero-order valence-electron chi connectivity index (χ0n) is 9.79. The third-order valence-electron chi connectivity index (χ3n) is 3.99. The Morgan fingerprint density at radius 2 is 2.00 bits per heavy atom. The van der Waals surface area contributed by atoms with Crippen LogP contribution in [0.25, 0.3) is 0 Å². The van der Waals surface area contributed by atoms with Crippen LogP contribution in [0.2, 0.25) is 5.02 Å². The van der Waals surface area contributed by atoms with Crippen LogP contribution in [0, 0.1) is 0 Å². The van der Waals surface area contributed by atoms with Crippen LogP contribution >= 0.6 is 11.6 Å². The molecule has 2 nitrogen and oxygen atoms in total. The number of hydrogen-bond donors (Lipinski definition) is 1. The van der Waals surface area contributed by atoms with E-state index in [-0.39, 0.29) is 5.60 Å². The van der Waals surface area contributed by atoms with Crippen molar-refractivity contribution in [2.24, 2.45) is 0 Å². The number of benzene rings is 1. The second-order valence-electron chi connectivity index (χ2n) is 5.25. The van der Waals surface area contributed by atoms with Crippen molar-refractivity contribution < 1.29 is 9.84 Å². The summed E-state index contributed by atoms with van der Waals surface area (Å²) in [5.41, 5.74) is 0.715. The van der Waals surface area contributed by atoms with Gasteiger partial charge in [-0.15, -0.1) is 0 Å². The summed E-state index contributed by atoms with van der Waals surface area (Å²) in [6.07, 6.45) is 6.09. The molecule has 0 bridgehead atoms. The van der Waals surface area contributed by atoms with Crippen LogP contribution in [0.5, 0.6) is 5.75 Å². The van der Waals surface area contributed by atoms with E-state index in [9.17, 15) is 5.11 Å². The van der Waals surface area contributed by atoms with E-state index >= 15 is 0 Å². The molecule has 0 unspecified atom stereocenters. The van der Waals surface area contributed by atoms with Gasteiger partial charge in [-0.25, -0.2) is 0 Å². The fraction of sp³-hybridized carbons (Fsp3) is 0.571. The Bertz CT molecular complexity index is 424. The number of halogens is 1. The zero-order chi connectivity index (χ0) is 11.9. The predicted molar refractivity (Wildman–Crippen MR) is 67.5 cm³/mol. The monoisotopic (exact) mass is 252 g/mol. The average Bonchev–Trinajstić information content (AvgIpc) is 2.31. The molecule has 1 aromatic carbocycles. The third kappa shape index (κ3) is 2.04. The molecule has 1 fully saturated rings. The molecule has 1 heterocycles. The van der Waals surface area contributed by atoms with E-state index in [1.807, 2.05) is 18.2 Å². The highest BCUT2D eigenvalue weighted by Gasteiger charge is 2.41. The minimum Gasteiger partial charge on any atom is -0.487 e. The summed E-state index contributed by atoms with van der Waals surface area (Å²) in [6, 6.07) is 5.53. The first-order valence-corrected chi connectivity index (χ1v) is 6.73. The van der Waals surface area contributed by atoms with Gasteiger partial charge in [0.25, 0.3) is 0 Å². The zero-order valence-corrected chi connectivity index (χ0v) is 10.5. The molecule has 1 aromatic rings. The van der Waals surface area contributed by atoms with Gasteiger partial charge in [0, 0.05) is 17.0 Å². The normalized spacial score (nSPS) is 26.4. The Morgan fingerprint density at radius 1 is 1.24 bits per heavy atom. The minimum atomic E-state index is -0.435. The molecule has 3 rings (SSSR count). The first-order valence-electron chi connectivity index (χ1n) is 6.35. The minimum absolute atomic E-state index is 0.126. The summed E-state index contributed by atoms with van der Waals surface area (Å²) in [4.78, 5) is 0. The van der Waals surface area contributed by atoms with E-state index in [1.54, 1.807) is 0 Å². The number of rotatable bonds is 0. The molecule has 1 spiro atoms. The molecule has 2 aliphatic rings. The molecule has 0 radical (unpaired) electrons. The van der Waals surface area contributed by atoms with E-state index in [0.29, 0.717) is 11.4 Å². The van der Waals surface area contributed by atoms with Crippen LogP contribution in [0.15, 0.2) is 18.2 Å². The Kier molecular flexibility index (Phi) is 2.80. The van der Waals surface area contributed by atoms with Gasteiger partial charge in [-0.3, -0.25) is 0 Å². The smallest absolute Gasteiger partial charge is 0.126 e. The summed E-state index contributed by atoms with van der Waals surface area (Å²) >= 11 is 5.95. The highest BCUT2D eigenvalue weighted by molar-refractivity contribution is 6.30. The van der Waals surface area contributed by atoms with E-state index in [4.69, 9.17) is 16.3 Å². The summed E-state index contributed by atoms with van der Waals surface area (Å²) in [7, 11) is 0. The van der Waals surface area contributed by atoms with E-state index in [0.717, 1.165) is 24.2 Å². The molecule has 1 aliphatic carbocycles. The molecule has 0 amide bonds. The summed E-state index contributed by atoms with van der Waals surface area (Å²) < 4.78 is 6.17. The van der Waals surface area contributed by atoms with Crippen molar-refractivity contribution in [3.8, 4) is 5.75 Å². The fourth-order valence-electron chi connectivity index (χ4n) is 3.11. The lowest BCUT2D eigenvalue weighted by atomic mass is 9.78. The van der Waals surface area contributed by atoms with Crippen molar-refractivity contribution >= 4 is 11.6 Å². The summed E-state index contributed by atoms with van der Waals surface area (Å²) in [6.45, 7) is 0. The molecule has 17 heavy (non-hydrogen) atoms. The Morgan fingerprint density at radius 3 is 2.76 bits per heavy atom. The van der Waals surface area contributed by atoms with Gasteiger partial charge >= 0.3 is 0 Å². The van der Waals surface area contributed by atoms with Crippen molar-refractivity contribution in [3.05, 3.63) is 28.8 Å². The first kappa shape index (κ1) is 11.4. The molecule has 3 heteroatoms. The van der Waals surface area contributed by atoms with Gasteiger partial charge in [-0.1, -0.05) is 18.0 Å². The van der Waals surface area contributed by atoms with E-state index in [1.165, 1.54) is 19.3 Å². The summed E-state index contributed by atoms with van der Waals surface area (Å²) in [5.74, 6) is 0.815. The maximum absolute atomic E-state index is 10.3. The molecule has 1 aliphatic heterocycles. The Labute approximate surface area is 107 Å². The van der Waals surface area contributed by atoms with Gasteiger partial charge in [-0.2, -0.15) is 0 Å². The second-order valence-corrected chi connectivity index (χ2v) is 5.68. The lowest BCUT2D eigenvalue weighted by Crippen LogP contribution is -2.42. The van der Waals surface area contributed by atoms with Crippen molar-refractivity contribution in [1.82, 2.24) is 0 Å². The number of aliphatic hydroxyl groups excluding tert-OH is 1. The van der Waals surface area contributed by atoms with Gasteiger partial charge < -0.3 is 9.84 Å². The maximum atomic E-state index is 10.3. The topological polar surface area (TPSA) is 29.5 Å². The standard InChI is InChI=1S/C14H17ClO2/c15-10-4-5-13-11(8-10)12(16)9-14(17-13)6-2-1-3-7-14/h4-5,8,12,16H,1-3,6-7,9H2/t12-/m0/s1. The van der Waals surface area contributed by atoms with Crippen LogP contribution in [0.1, 0.15) is 50.2 Å². The van der Waals surface area contributed by atoms with Crippen molar-refractivity contribution in [3.63, 3.8) is 0 Å². The van der Waals surface area contributed by atoms with Gasteiger partial charge in [-0.05, 0) is 43.9 Å². The van der Waals surface area contributed by atoms with Crippen molar-refractivity contribution in [1.29, 1.82) is 0 Å². The van der Waals surface area contributed by atoms with Crippen LogP contribution < -0.4 is 4.74 Å². The lowest BCUT2D eigenvalue weighted by Gasteiger charge is -2.43. The van der Waals surface area contributed by atoms with Gasteiger partial charge in [0.15, 0.2) is 0 Å². The molecule has 0 saturated heterocycles. The molecule has 1 saturated carbocycles. The lowest BCUT2D eigenvalue weighted by molar-refractivity contribution is -0.0381. The molecular weight excluding hydrogens is 236 g/mol. The molecule has 1 N–H and O–H groups in total. The van der Waals surface area contributed by atoms with Crippen LogP contribution in [0.4, 0.5) is 0 Å². The number of hydrogen-bond acceptors (Lipinski definition) is 2. The van der Waals surface area contributed by atoms with E-state index < -0.39 is 6.10 Å². The maximum Gasteiger partial charge on any atom is 0.126 e. The van der Waals surface area contributed by atoms with Crippen molar-refractivity contribution in [2.45, 2.75) is 50.2 Å². The largest absolute Gasteiger partial charge is 0.487 e. The van der Waals surface area contributed by atoms with Gasteiger partial charge in [0.1, 0.15) is 11.4 Å². The average molecular weight is 253 g/mol. The second kappa shape index (κ2) is 4.18. The predicted octanol–water partition coefficient (Wildman–Crippen LogP) is 3.86. The molecular formula is C14H17ClO2. The van der Waals surface area contributed by atoms with Crippen molar-refractivity contribution in [2.75, 3.05) is 0 Å². The number of fused-ring (bicyclic) bond motifs is 1. The molecule has 1 atom stereocenters.